The van der Waals surface area contributed by atoms with E-state index in [1.807, 2.05) is 0 Å². The van der Waals surface area contributed by atoms with Crippen LogP contribution in [-0.4, -0.2) is 4.57 Å². The minimum Gasteiger partial charge on any atom is -0.335 e. The molecule has 0 N–H and O–H groups in total. The molecule has 3 aromatic rings. The highest BCUT2D eigenvalue weighted by atomic mass is 15.1. The maximum absolute atomic E-state index is 2.69. The molecule has 0 saturated heterocycles. The molecule has 0 saturated carbocycles. The first-order valence-electron chi connectivity index (χ1n) is 11.2. The Morgan fingerprint density at radius 2 is 1.07 bits per heavy atom. The third kappa shape index (κ3) is 4.39. The lowest BCUT2D eigenvalue weighted by atomic mass is 9.87. The zero-order valence-electron chi connectivity index (χ0n) is 17.6. The summed E-state index contributed by atoms with van der Waals surface area (Å²) >= 11 is 0. The Kier molecular flexibility index (Phi) is 6.99. The van der Waals surface area contributed by atoms with Crippen molar-refractivity contribution in [3.8, 4) is 0 Å². The Hall–Kier alpha value is -1.76. The fourth-order valence-electron chi connectivity index (χ4n) is 4.72. The summed E-state index contributed by atoms with van der Waals surface area (Å²) in [5, 5.41) is 2.81. The number of aromatic nitrogens is 1. The molecule has 0 atom stereocenters. The number of rotatable bonds is 11. The lowest BCUT2D eigenvalue weighted by molar-refractivity contribution is 0.266. The molecule has 146 valence electrons. The molecule has 0 aliphatic heterocycles. The van der Waals surface area contributed by atoms with Crippen LogP contribution in [0.1, 0.15) is 85.0 Å². The SMILES string of the molecule is CCCCCCC(C)(CCCCCC)n1c2ccccc2c2ccccc21. The molecule has 1 heterocycles. The van der Waals surface area contributed by atoms with Gasteiger partial charge in [-0.3, -0.25) is 0 Å². The van der Waals surface area contributed by atoms with Crippen LogP contribution < -0.4 is 0 Å². The van der Waals surface area contributed by atoms with Crippen LogP contribution in [0, 0.1) is 0 Å². The van der Waals surface area contributed by atoms with E-state index in [9.17, 15) is 0 Å². The fraction of sp³-hybridized carbons (Fsp3) is 0.538. The summed E-state index contributed by atoms with van der Waals surface area (Å²) in [6.07, 6.45) is 13.3. The highest BCUT2D eigenvalue weighted by Crippen LogP contribution is 2.39. The van der Waals surface area contributed by atoms with E-state index in [4.69, 9.17) is 0 Å². The third-order valence-electron chi connectivity index (χ3n) is 6.26. The molecular weight excluding hydrogens is 326 g/mol. The average molecular weight is 364 g/mol. The standard InChI is InChI=1S/C26H37N/c1-4-6-8-14-20-26(3,21-15-9-7-5-2)27-24-18-12-10-16-22(24)23-17-11-13-19-25(23)27/h10-13,16-19H,4-9,14-15,20-21H2,1-3H3. The maximum atomic E-state index is 2.69. The minimum atomic E-state index is 0.199. The van der Waals surface area contributed by atoms with Gasteiger partial charge in [0.1, 0.15) is 0 Å². The Morgan fingerprint density at radius 1 is 0.630 bits per heavy atom. The van der Waals surface area contributed by atoms with Gasteiger partial charge in [-0.2, -0.15) is 0 Å². The Bertz CT molecular complexity index is 776. The second kappa shape index (κ2) is 9.44. The normalized spacial score (nSPS) is 12.3. The van der Waals surface area contributed by atoms with Crippen LogP contribution >= 0.6 is 0 Å². The van der Waals surface area contributed by atoms with Crippen LogP contribution in [0.5, 0.6) is 0 Å². The van der Waals surface area contributed by atoms with Crippen molar-refractivity contribution in [1.82, 2.24) is 4.57 Å². The van der Waals surface area contributed by atoms with Crippen LogP contribution in [0.3, 0.4) is 0 Å². The first-order valence-corrected chi connectivity index (χ1v) is 11.2. The predicted octanol–water partition coefficient (Wildman–Crippen LogP) is 8.45. The summed E-state index contributed by atoms with van der Waals surface area (Å²) in [4.78, 5) is 0. The fourth-order valence-corrected chi connectivity index (χ4v) is 4.72. The minimum absolute atomic E-state index is 0.199. The zero-order chi connectivity index (χ0) is 19.1. The highest BCUT2D eigenvalue weighted by Gasteiger charge is 2.29. The Morgan fingerprint density at radius 3 is 1.52 bits per heavy atom. The van der Waals surface area contributed by atoms with Crippen LogP contribution in [0.15, 0.2) is 48.5 Å². The molecule has 0 fully saturated rings. The van der Waals surface area contributed by atoms with E-state index in [2.05, 4.69) is 73.9 Å². The second-order valence-electron chi connectivity index (χ2n) is 8.49. The van der Waals surface area contributed by atoms with Gasteiger partial charge in [-0.25, -0.2) is 0 Å². The average Bonchev–Trinajstić information content (AvgIpc) is 3.04. The van der Waals surface area contributed by atoms with Crippen molar-refractivity contribution in [1.29, 1.82) is 0 Å². The molecule has 1 heteroatoms. The third-order valence-corrected chi connectivity index (χ3v) is 6.26. The van der Waals surface area contributed by atoms with E-state index in [0.717, 1.165) is 0 Å². The lowest BCUT2D eigenvalue weighted by Crippen LogP contribution is -2.30. The molecule has 0 unspecified atom stereocenters. The topological polar surface area (TPSA) is 4.93 Å². The molecule has 0 aliphatic rings. The maximum Gasteiger partial charge on any atom is 0.0496 e. The molecule has 0 amide bonds. The van der Waals surface area contributed by atoms with E-state index >= 15 is 0 Å². The van der Waals surface area contributed by atoms with Crippen molar-refractivity contribution in [2.75, 3.05) is 0 Å². The monoisotopic (exact) mass is 363 g/mol. The van der Waals surface area contributed by atoms with Gasteiger partial charge in [-0.1, -0.05) is 102 Å². The summed E-state index contributed by atoms with van der Waals surface area (Å²) < 4.78 is 2.69. The summed E-state index contributed by atoms with van der Waals surface area (Å²) in [6, 6.07) is 18.0. The molecular formula is C26H37N. The van der Waals surface area contributed by atoms with Crippen LogP contribution in [0.2, 0.25) is 0 Å². The summed E-state index contributed by atoms with van der Waals surface area (Å²) in [7, 11) is 0. The quantitative estimate of drug-likeness (QED) is 0.301. The molecule has 2 aromatic carbocycles. The predicted molar refractivity (Wildman–Crippen MR) is 121 cm³/mol. The summed E-state index contributed by atoms with van der Waals surface area (Å²) in [6.45, 7) is 7.12. The van der Waals surface area contributed by atoms with Gasteiger partial charge in [0.2, 0.25) is 0 Å². The first-order chi connectivity index (χ1) is 13.2. The molecule has 27 heavy (non-hydrogen) atoms. The van der Waals surface area contributed by atoms with Crippen molar-refractivity contribution >= 4 is 21.8 Å². The smallest absolute Gasteiger partial charge is 0.0496 e. The van der Waals surface area contributed by atoms with Crippen molar-refractivity contribution in [2.45, 2.75) is 90.5 Å². The number of para-hydroxylation sites is 2. The van der Waals surface area contributed by atoms with Crippen molar-refractivity contribution < 1.29 is 0 Å². The molecule has 3 rings (SSSR count). The molecule has 1 nitrogen and oxygen atoms in total. The van der Waals surface area contributed by atoms with Gasteiger partial charge in [0, 0.05) is 27.3 Å². The van der Waals surface area contributed by atoms with Crippen molar-refractivity contribution in [3.63, 3.8) is 0 Å². The van der Waals surface area contributed by atoms with E-state index in [0.29, 0.717) is 0 Å². The van der Waals surface area contributed by atoms with Gasteiger partial charge in [0.15, 0.2) is 0 Å². The van der Waals surface area contributed by atoms with E-state index in [1.165, 1.54) is 86.0 Å². The van der Waals surface area contributed by atoms with Gasteiger partial charge in [-0.05, 0) is 31.9 Å². The Labute approximate surface area is 165 Å². The molecule has 0 bridgehead atoms. The number of unbranched alkanes of at least 4 members (excludes halogenated alkanes) is 6. The van der Waals surface area contributed by atoms with Crippen molar-refractivity contribution in [2.24, 2.45) is 0 Å². The Balaban J connectivity index is 2.01. The zero-order valence-corrected chi connectivity index (χ0v) is 17.6. The molecule has 0 radical (unpaired) electrons. The number of fused-ring (bicyclic) bond motifs is 3. The van der Waals surface area contributed by atoms with E-state index in [-0.39, 0.29) is 5.54 Å². The van der Waals surface area contributed by atoms with Crippen molar-refractivity contribution in [3.05, 3.63) is 48.5 Å². The van der Waals surface area contributed by atoms with Gasteiger partial charge in [-0.15, -0.1) is 0 Å². The molecule has 1 aromatic heterocycles. The van der Waals surface area contributed by atoms with Crippen LogP contribution in [0.4, 0.5) is 0 Å². The van der Waals surface area contributed by atoms with E-state index < -0.39 is 0 Å². The van der Waals surface area contributed by atoms with E-state index in [1.54, 1.807) is 0 Å². The number of hydrogen-bond donors (Lipinski definition) is 0. The van der Waals surface area contributed by atoms with Gasteiger partial charge < -0.3 is 4.57 Å². The van der Waals surface area contributed by atoms with Gasteiger partial charge in [0.05, 0.1) is 0 Å². The number of benzene rings is 2. The van der Waals surface area contributed by atoms with Crippen LogP contribution in [-0.2, 0) is 5.54 Å². The summed E-state index contributed by atoms with van der Waals surface area (Å²) in [5.41, 5.74) is 3.02. The highest BCUT2D eigenvalue weighted by molar-refractivity contribution is 6.08. The number of nitrogens with zero attached hydrogens (tertiary/aromatic N) is 1. The second-order valence-corrected chi connectivity index (χ2v) is 8.49. The first kappa shape index (κ1) is 20.0. The lowest BCUT2D eigenvalue weighted by Gasteiger charge is -2.34. The van der Waals surface area contributed by atoms with Crippen LogP contribution in [0.25, 0.3) is 21.8 Å². The molecule has 0 aliphatic carbocycles. The molecule has 0 spiro atoms. The van der Waals surface area contributed by atoms with Gasteiger partial charge in [0.25, 0.3) is 0 Å². The van der Waals surface area contributed by atoms with Gasteiger partial charge >= 0.3 is 0 Å². The summed E-state index contributed by atoms with van der Waals surface area (Å²) in [5.74, 6) is 0. The largest absolute Gasteiger partial charge is 0.335 e. The number of hydrogen-bond acceptors (Lipinski definition) is 0.